The van der Waals surface area contributed by atoms with E-state index in [9.17, 15) is 13.2 Å². The van der Waals surface area contributed by atoms with Gasteiger partial charge in [0.15, 0.2) is 5.78 Å². The first-order chi connectivity index (χ1) is 16.3. The maximum Gasteiger partial charge on any atom is 0.243 e. The lowest BCUT2D eigenvalue weighted by Crippen LogP contribution is -2.42. The van der Waals surface area contributed by atoms with Gasteiger partial charge in [0.1, 0.15) is 0 Å². The van der Waals surface area contributed by atoms with Gasteiger partial charge >= 0.3 is 0 Å². The summed E-state index contributed by atoms with van der Waals surface area (Å²) in [5.74, 6) is 1.20. The first-order valence-corrected chi connectivity index (χ1v) is 14.4. The van der Waals surface area contributed by atoms with Gasteiger partial charge < -0.3 is 5.32 Å². The second-order valence-electron chi connectivity index (χ2n) is 8.73. The second kappa shape index (κ2) is 11.0. The number of benzene rings is 2. The summed E-state index contributed by atoms with van der Waals surface area (Å²) in [6.45, 7) is 5.17. The van der Waals surface area contributed by atoms with Crippen molar-refractivity contribution < 1.29 is 13.2 Å². The largest absolute Gasteiger partial charge is 0.353 e. The highest BCUT2D eigenvalue weighted by Crippen LogP contribution is 2.27. The number of hydrogen-bond acceptors (Lipinski definition) is 8. The van der Waals surface area contributed by atoms with E-state index in [1.54, 1.807) is 22.5 Å². The van der Waals surface area contributed by atoms with Crippen LogP contribution in [0.15, 0.2) is 64.6 Å². The summed E-state index contributed by atoms with van der Waals surface area (Å²) in [4.78, 5) is 17.4. The number of carbonyl (C=O) groups excluding carboxylic acids is 1. The molecule has 1 saturated heterocycles. The number of aromatic nitrogens is 2. The van der Waals surface area contributed by atoms with Gasteiger partial charge in [0.2, 0.25) is 20.3 Å². The van der Waals surface area contributed by atoms with Gasteiger partial charge in [-0.15, -0.1) is 0 Å². The first kappa shape index (κ1) is 24.8. The number of thioether (sulfide) groups is 1. The quantitative estimate of drug-likeness (QED) is 0.323. The fourth-order valence-corrected chi connectivity index (χ4v) is 7.32. The lowest BCUT2D eigenvalue weighted by Gasteiger charge is -2.34. The topological polar surface area (TPSA) is 92.3 Å². The SMILES string of the molecule is CC1CC(C)CN(S(=O)(=O)c2cccc(C(=O)CNc3nc(SCc4ccccc4)ns3)c2)C1. The maximum atomic E-state index is 13.2. The highest BCUT2D eigenvalue weighted by molar-refractivity contribution is 7.98. The van der Waals surface area contributed by atoms with Gasteiger partial charge in [0, 0.05) is 35.9 Å². The van der Waals surface area contributed by atoms with Crippen molar-refractivity contribution in [3.05, 3.63) is 65.7 Å². The zero-order valence-electron chi connectivity index (χ0n) is 19.2. The Kier molecular flexibility index (Phi) is 8.02. The molecule has 2 heterocycles. The summed E-state index contributed by atoms with van der Waals surface area (Å²) in [6.07, 6.45) is 1.02. The fraction of sp³-hybridized carbons (Fsp3) is 0.375. The molecule has 2 unspecified atom stereocenters. The van der Waals surface area contributed by atoms with Gasteiger partial charge in [0.25, 0.3) is 0 Å². The average Bonchev–Trinajstić information content (AvgIpc) is 3.29. The van der Waals surface area contributed by atoms with Crippen molar-refractivity contribution >= 4 is 44.2 Å². The molecule has 0 bridgehead atoms. The monoisotopic (exact) mass is 516 g/mol. The van der Waals surface area contributed by atoms with Crippen molar-refractivity contribution in [3.8, 4) is 0 Å². The van der Waals surface area contributed by atoms with Gasteiger partial charge in [-0.2, -0.15) is 13.7 Å². The Hall–Kier alpha value is -2.27. The minimum absolute atomic E-state index is 0.0132. The number of hydrogen-bond donors (Lipinski definition) is 1. The number of anilines is 1. The Morgan fingerprint density at radius 2 is 1.85 bits per heavy atom. The molecule has 1 aromatic heterocycles. The maximum absolute atomic E-state index is 13.2. The van der Waals surface area contributed by atoms with Crippen LogP contribution in [0.1, 0.15) is 36.2 Å². The molecule has 2 atom stereocenters. The Morgan fingerprint density at radius 1 is 1.12 bits per heavy atom. The van der Waals surface area contributed by atoms with E-state index in [-0.39, 0.29) is 17.2 Å². The third kappa shape index (κ3) is 6.24. The van der Waals surface area contributed by atoms with Crippen molar-refractivity contribution in [2.45, 2.75) is 36.1 Å². The molecule has 0 spiro atoms. The average molecular weight is 517 g/mol. The molecular weight excluding hydrogens is 488 g/mol. The van der Waals surface area contributed by atoms with E-state index in [1.165, 1.54) is 34.9 Å². The molecular formula is C24H28N4O3S3. The van der Waals surface area contributed by atoms with Gasteiger partial charge in [0.05, 0.1) is 11.4 Å². The first-order valence-electron chi connectivity index (χ1n) is 11.2. The van der Waals surface area contributed by atoms with Crippen molar-refractivity contribution in [1.82, 2.24) is 13.7 Å². The van der Waals surface area contributed by atoms with Crippen LogP contribution in [-0.2, 0) is 15.8 Å². The number of Topliss-reactive ketones (excluding diaryl/α,β-unsaturated/α-hetero) is 1. The Bertz CT molecular complexity index is 1220. The highest BCUT2D eigenvalue weighted by Gasteiger charge is 2.32. The van der Waals surface area contributed by atoms with Crippen LogP contribution in [0.5, 0.6) is 0 Å². The smallest absolute Gasteiger partial charge is 0.243 e. The molecule has 1 aliphatic heterocycles. The van der Waals surface area contributed by atoms with E-state index in [4.69, 9.17) is 0 Å². The molecule has 1 aliphatic rings. The van der Waals surface area contributed by atoms with Crippen LogP contribution in [0.2, 0.25) is 0 Å². The minimum Gasteiger partial charge on any atom is -0.353 e. The van der Waals surface area contributed by atoms with Crippen LogP contribution in [0.3, 0.4) is 0 Å². The van der Waals surface area contributed by atoms with E-state index in [1.807, 2.05) is 18.2 Å². The van der Waals surface area contributed by atoms with Crippen LogP contribution in [0.25, 0.3) is 0 Å². The summed E-state index contributed by atoms with van der Waals surface area (Å²) in [7, 11) is -3.64. The van der Waals surface area contributed by atoms with Crippen LogP contribution < -0.4 is 5.32 Å². The lowest BCUT2D eigenvalue weighted by molar-refractivity contribution is 0.101. The lowest BCUT2D eigenvalue weighted by atomic mass is 9.94. The summed E-state index contributed by atoms with van der Waals surface area (Å²) in [5, 5.41) is 4.23. The predicted molar refractivity (Wildman–Crippen MR) is 137 cm³/mol. The highest BCUT2D eigenvalue weighted by atomic mass is 32.2. The fourth-order valence-electron chi connectivity index (χ4n) is 4.10. The van der Waals surface area contributed by atoms with E-state index >= 15 is 0 Å². The molecule has 180 valence electrons. The van der Waals surface area contributed by atoms with Crippen molar-refractivity contribution in [1.29, 1.82) is 0 Å². The van der Waals surface area contributed by atoms with E-state index in [0.717, 1.165) is 12.2 Å². The molecule has 1 fully saturated rings. The number of ketones is 1. The molecule has 0 amide bonds. The van der Waals surface area contributed by atoms with E-state index in [2.05, 4.69) is 40.7 Å². The summed E-state index contributed by atoms with van der Waals surface area (Å²) in [5.41, 5.74) is 1.55. The van der Waals surface area contributed by atoms with Crippen LogP contribution in [0, 0.1) is 11.8 Å². The number of sulfonamides is 1. The van der Waals surface area contributed by atoms with Crippen LogP contribution in [-0.4, -0.2) is 47.5 Å². The minimum atomic E-state index is -3.64. The van der Waals surface area contributed by atoms with E-state index < -0.39 is 10.0 Å². The van der Waals surface area contributed by atoms with Gasteiger partial charge in [-0.1, -0.05) is 68.1 Å². The standard InChI is InChI=1S/C24H28N4O3S3/c1-17-11-18(2)15-28(14-17)34(30,31)21-10-6-9-20(12-21)22(29)13-25-23-26-24(27-33-23)32-16-19-7-4-3-5-8-19/h3-10,12,17-18H,11,13-16H2,1-2H3,(H,25,26,27). The normalized spacial score (nSPS) is 19.1. The molecule has 0 saturated carbocycles. The molecule has 4 rings (SSSR count). The number of rotatable bonds is 9. The molecule has 7 nitrogen and oxygen atoms in total. The molecule has 2 aromatic carbocycles. The number of piperidine rings is 1. The van der Waals surface area contributed by atoms with Gasteiger partial charge in [-0.05, 0) is 36.0 Å². The summed E-state index contributed by atoms with van der Waals surface area (Å²) < 4.78 is 32.2. The van der Waals surface area contributed by atoms with E-state index in [0.29, 0.717) is 40.8 Å². The molecule has 10 heteroatoms. The van der Waals surface area contributed by atoms with Crippen LogP contribution in [0.4, 0.5) is 5.13 Å². The molecule has 1 N–H and O–H groups in total. The Morgan fingerprint density at radius 3 is 2.59 bits per heavy atom. The van der Waals surface area contributed by atoms with Gasteiger partial charge in [-0.25, -0.2) is 8.42 Å². The number of nitrogens with one attached hydrogen (secondary N) is 1. The Balaban J connectivity index is 1.36. The van der Waals surface area contributed by atoms with Crippen molar-refractivity contribution in [3.63, 3.8) is 0 Å². The molecule has 0 radical (unpaired) electrons. The Labute approximate surface area is 209 Å². The third-order valence-corrected chi connectivity index (χ3v) is 9.18. The van der Waals surface area contributed by atoms with Gasteiger partial charge in [-0.3, -0.25) is 4.79 Å². The predicted octanol–water partition coefficient (Wildman–Crippen LogP) is 4.79. The zero-order chi connectivity index (χ0) is 24.1. The number of carbonyl (C=O) groups is 1. The van der Waals surface area contributed by atoms with Crippen LogP contribution >= 0.6 is 23.3 Å². The summed E-state index contributed by atoms with van der Waals surface area (Å²) >= 11 is 2.74. The zero-order valence-corrected chi connectivity index (χ0v) is 21.6. The van der Waals surface area contributed by atoms with Crippen molar-refractivity contribution in [2.24, 2.45) is 11.8 Å². The van der Waals surface area contributed by atoms with Crippen molar-refractivity contribution in [2.75, 3.05) is 25.0 Å². The third-order valence-electron chi connectivity index (χ3n) is 5.65. The molecule has 0 aliphatic carbocycles. The molecule has 3 aromatic rings. The number of nitrogens with zero attached hydrogens (tertiary/aromatic N) is 3. The summed E-state index contributed by atoms with van der Waals surface area (Å²) in [6, 6.07) is 16.4. The second-order valence-corrected chi connectivity index (χ2v) is 12.4. The molecule has 34 heavy (non-hydrogen) atoms.